The van der Waals surface area contributed by atoms with Crippen LogP contribution >= 0.6 is 0 Å². The van der Waals surface area contributed by atoms with Crippen LogP contribution in [-0.2, 0) is 40.5 Å². The summed E-state index contributed by atoms with van der Waals surface area (Å²) in [6.07, 6.45) is 0. The standard InChI is InChI=1S/C40H27N5O14S4/c46-39-33-11-7-27(15-25(33)19-35(62(54,55)56)37(39)44-42-29-5-1-23-17-31(60(48,49)50)9-3-21(23)13-29)41-28-8-12-34-26(16-28)20-36(63(57,58)59)38(40(34)47)45-43-30-6-2-24-18-32(61(51,52)53)10-4-22(24)14-30/h1-20,41,46-47H,(H,48,49,50)(H,51,52,53)(H,54,55,56)(H,57,58,59). The van der Waals surface area contributed by atoms with Gasteiger partial charge in [0.1, 0.15) is 21.2 Å². The predicted molar refractivity (Wildman–Crippen MR) is 230 cm³/mol. The molecule has 0 saturated carbocycles. The third-order valence-electron chi connectivity index (χ3n) is 9.66. The normalized spacial score (nSPS) is 13.0. The summed E-state index contributed by atoms with van der Waals surface area (Å²) < 4.78 is 135. The molecular weight excluding hydrogens is 903 g/mol. The molecule has 0 heterocycles. The van der Waals surface area contributed by atoms with Crippen LogP contribution < -0.4 is 5.32 Å². The zero-order chi connectivity index (χ0) is 45.2. The Morgan fingerprint density at radius 3 is 1.10 bits per heavy atom. The van der Waals surface area contributed by atoms with Crippen LogP contribution in [0.3, 0.4) is 0 Å². The number of rotatable bonds is 10. The smallest absolute Gasteiger partial charge is 0.296 e. The fraction of sp³-hybridized carbons (Fsp3) is 0. The van der Waals surface area contributed by atoms with Gasteiger partial charge in [-0.3, -0.25) is 18.2 Å². The van der Waals surface area contributed by atoms with Gasteiger partial charge in [0.05, 0.1) is 21.2 Å². The molecule has 23 heteroatoms. The Morgan fingerprint density at radius 1 is 0.365 bits per heavy atom. The summed E-state index contributed by atoms with van der Waals surface area (Å²) in [4.78, 5) is -2.22. The molecule has 0 aliphatic carbocycles. The lowest BCUT2D eigenvalue weighted by Gasteiger charge is -2.13. The SMILES string of the molecule is O=S(=O)(O)c1ccc2cc(N=Nc3c(S(=O)(=O)O)cc4cc(Nc5ccc6c(O)c(N=Nc7ccc8cc(S(=O)(=O)O)ccc8c7)c(S(=O)(=O)O)cc6c5)ccc4c3O)ccc2c1. The molecule has 0 saturated heterocycles. The third kappa shape index (κ3) is 8.75. The van der Waals surface area contributed by atoms with Gasteiger partial charge in [-0.25, -0.2) is 0 Å². The highest BCUT2D eigenvalue weighted by Crippen LogP contribution is 2.44. The van der Waals surface area contributed by atoms with Gasteiger partial charge in [0, 0.05) is 22.1 Å². The molecule has 0 amide bonds. The molecule has 0 aliphatic heterocycles. The number of hydrogen-bond acceptors (Lipinski definition) is 15. The average molecular weight is 930 g/mol. The molecule has 0 aliphatic rings. The number of aromatic hydroxyl groups is 2. The number of nitrogens with zero attached hydrogens (tertiary/aromatic N) is 4. The number of phenolic OH excluding ortho intramolecular Hbond substituents is 2. The van der Waals surface area contributed by atoms with E-state index in [1.807, 2.05) is 0 Å². The first-order valence-corrected chi connectivity index (χ1v) is 23.5. The van der Waals surface area contributed by atoms with Crippen molar-refractivity contribution in [2.24, 2.45) is 20.5 Å². The molecule has 0 radical (unpaired) electrons. The van der Waals surface area contributed by atoms with Crippen molar-refractivity contribution < 1.29 is 62.1 Å². The molecule has 63 heavy (non-hydrogen) atoms. The molecule has 320 valence electrons. The van der Waals surface area contributed by atoms with Gasteiger partial charge in [0.15, 0.2) is 11.5 Å². The van der Waals surface area contributed by atoms with E-state index in [9.17, 15) is 62.1 Å². The maximum absolute atomic E-state index is 12.5. The lowest BCUT2D eigenvalue weighted by atomic mass is 10.1. The molecule has 19 nitrogen and oxygen atoms in total. The van der Waals surface area contributed by atoms with Crippen LogP contribution in [0.1, 0.15) is 0 Å². The lowest BCUT2D eigenvalue weighted by molar-refractivity contribution is 0.472. The molecule has 0 bridgehead atoms. The Kier molecular flexibility index (Phi) is 10.5. The first-order valence-electron chi connectivity index (χ1n) is 17.7. The highest BCUT2D eigenvalue weighted by atomic mass is 32.2. The van der Waals surface area contributed by atoms with E-state index < -0.39 is 73.1 Å². The van der Waals surface area contributed by atoms with Crippen molar-refractivity contribution in [3.8, 4) is 11.5 Å². The molecule has 0 spiro atoms. The number of nitrogens with one attached hydrogen (secondary N) is 1. The van der Waals surface area contributed by atoms with Crippen molar-refractivity contribution in [2.75, 3.05) is 5.32 Å². The second-order valence-corrected chi connectivity index (χ2v) is 19.5. The van der Waals surface area contributed by atoms with Gasteiger partial charge in [0.2, 0.25) is 0 Å². The molecule has 0 fully saturated rings. The molecule has 0 unspecified atom stereocenters. The fourth-order valence-corrected chi connectivity index (χ4v) is 9.04. The number of benzene rings is 8. The van der Waals surface area contributed by atoms with E-state index in [0.29, 0.717) is 32.9 Å². The summed E-state index contributed by atoms with van der Waals surface area (Å²) in [6, 6.07) is 27.3. The van der Waals surface area contributed by atoms with Crippen molar-refractivity contribution in [3.05, 3.63) is 121 Å². The maximum Gasteiger partial charge on any atom is 0.296 e. The van der Waals surface area contributed by atoms with Gasteiger partial charge in [-0.05, 0) is 129 Å². The largest absolute Gasteiger partial charge is 0.505 e. The van der Waals surface area contributed by atoms with Gasteiger partial charge < -0.3 is 15.5 Å². The molecule has 8 aromatic carbocycles. The highest BCUT2D eigenvalue weighted by molar-refractivity contribution is 7.86. The molecule has 8 aromatic rings. The van der Waals surface area contributed by atoms with Crippen molar-refractivity contribution >= 4 is 118 Å². The predicted octanol–water partition coefficient (Wildman–Crippen LogP) is 9.27. The summed E-state index contributed by atoms with van der Waals surface area (Å²) >= 11 is 0. The van der Waals surface area contributed by atoms with Crippen LogP contribution in [0, 0.1) is 0 Å². The molecule has 0 aromatic heterocycles. The summed E-state index contributed by atoms with van der Waals surface area (Å²) in [5, 5.41) is 43.7. The van der Waals surface area contributed by atoms with E-state index >= 15 is 0 Å². The van der Waals surface area contributed by atoms with Gasteiger partial charge in [-0.1, -0.05) is 24.3 Å². The summed E-state index contributed by atoms with van der Waals surface area (Å²) in [6.45, 7) is 0. The zero-order valence-electron chi connectivity index (χ0n) is 31.4. The third-order valence-corrected chi connectivity index (χ3v) is 13.1. The molecular formula is C40H27N5O14S4. The van der Waals surface area contributed by atoms with E-state index in [0.717, 1.165) is 12.1 Å². The number of anilines is 2. The van der Waals surface area contributed by atoms with E-state index in [1.165, 1.54) is 109 Å². The number of fused-ring (bicyclic) bond motifs is 4. The average Bonchev–Trinajstić information content (AvgIpc) is 3.20. The minimum Gasteiger partial charge on any atom is -0.505 e. The van der Waals surface area contributed by atoms with Gasteiger partial charge in [-0.2, -0.15) is 43.9 Å². The Bertz CT molecular complexity index is 3560. The van der Waals surface area contributed by atoms with E-state index in [-0.39, 0.29) is 42.7 Å². The second kappa shape index (κ2) is 15.4. The monoisotopic (exact) mass is 929 g/mol. The highest BCUT2D eigenvalue weighted by Gasteiger charge is 2.24. The second-order valence-electron chi connectivity index (χ2n) is 13.8. The Labute approximate surface area is 356 Å². The number of phenols is 2. The Morgan fingerprint density at radius 2 is 0.730 bits per heavy atom. The van der Waals surface area contributed by atoms with Crippen LogP contribution in [-0.4, -0.2) is 62.1 Å². The fourth-order valence-electron chi connectivity index (χ4n) is 6.70. The van der Waals surface area contributed by atoms with Crippen molar-refractivity contribution in [2.45, 2.75) is 19.6 Å². The van der Waals surface area contributed by atoms with Crippen LogP contribution in [0.4, 0.5) is 34.1 Å². The van der Waals surface area contributed by atoms with E-state index in [1.54, 1.807) is 0 Å². The number of hydrogen-bond donors (Lipinski definition) is 7. The topological polar surface area (TPSA) is 319 Å². The summed E-state index contributed by atoms with van der Waals surface area (Å²) in [5.74, 6) is -1.29. The minimum atomic E-state index is -5.01. The molecule has 7 N–H and O–H groups in total. The quantitative estimate of drug-likeness (QED) is 0.0496. The van der Waals surface area contributed by atoms with Crippen molar-refractivity contribution in [3.63, 3.8) is 0 Å². The van der Waals surface area contributed by atoms with Crippen LogP contribution in [0.15, 0.2) is 161 Å². The molecule has 0 atom stereocenters. The molecule has 8 rings (SSSR count). The maximum atomic E-state index is 12.5. The van der Waals surface area contributed by atoms with Crippen molar-refractivity contribution in [1.29, 1.82) is 0 Å². The summed E-state index contributed by atoms with van der Waals surface area (Å²) in [5.41, 5.74) is -0.188. The van der Waals surface area contributed by atoms with Crippen molar-refractivity contribution in [1.82, 2.24) is 0 Å². The Balaban J connectivity index is 1.10. The first kappa shape index (κ1) is 42.7. The minimum absolute atomic E-state index is 0.107. The Hall–Kier alpha value is -6.96. The van der Waals surface area contributed by atoms with E-state index in [2.05, 4.69) is 25.8 Å². The van der Waals surface area contributed by atoms with Gasteiger partial charge in [0.25, 0.3) is 40.5 Å². The lowest BCUT2D eigenvalue weighted by Crippen LogP contribution is -2.00. The van der Waals surface area contributed by atoms with Gasteiger partial charge in [-0.15, -0.1) is 10.2 Å². The van der Waals surface area contributed by atoms with Crippen LogP contribution in [0.2, 0.25) is 0 Å². The summed E-state index contributed by atoms with van der Waals surface area (Å²) in [7, 11) is -18.9. The van der Waals surface area contributed by atoms with E-state index in [4.69, 9.17) is 0 Å². The number of azo groups is 2. The van der Waals surface area contributed by atoms with Crippen LogP contribution in [0.25, 0.3) is 43.1 Å². The van der Waals surface area contributed by atoms with Crippen LogP contribution in [0.5, 0.6) is 11.5 Å². The first-order chi connectivity index (χ1) is 29.5. The van der Waals surface area contributed by atoms with Gasteiger partial charge >= 0.3 is 0 Å². The zero-order valence-corrected chi connectivity index (χ0v) is 34.7.